The molecule has 60 valence electrons. The Bertz CT molecular complexity index is 195. The molecule has 0 amide bonds. The highest BCUT2D eigenvalue weighted by atomic mass is 32.2. The van der Waals surface area contributed by atoms with Crippen molar-refractivity contribution in [2.24, 2.45) is 5.14 Å². The molecule has 3 N–H and O–H groups in total. The molecular weight excluding hydrogens is 172 g/mol. The fourth-order valence-corrected chi connectivity index (χ4v) is 2.78. The molecule has 1 aliphatic rings. The summed E-state index contributed by atoms with van der Waals surface area (Å²) >= 11 is 1.74. The molecule has 0 bridgehead atoms. The molecule has 1 unspecified atom stereocenters. The molecule has 1 aliphatic heterocycles. The Morgan fingerprint density at radius 3 is 2.70 bits per heavy atom. The highest BCUT2D eigenvalue weighted by Gasteiger charge is 2.18. The van der Waals surface area contributed by atoms with Crippen LogP contribution in [0.5, 0.6) is 0 Å². The van der Waals surface area contributed by atoms with Crippen LogP contribution in [0.15, 0.2) is 0 Å². The van der Waals surface area contributed by atoms with Crippen LogP contribution in [0, 0.1) is 0 Å². The predicted octanol–water partition coefficient (Wildman–Crippen LogP) is -0.715. The molecule has 0 aliphatic carbocycles. The molecule has 1 fully saturated rings. The minimum Gasteiger partial charge on any atom is -0.216 e. The molecule has 0 saturated carbocycles. The summed E-state index contributed by atoms with van der Waals surface area (Å²) in [4.78, 5) is 0. The number of rotatable bonds is 2. The minimum atomic E-state index is -3.47. The second-order valence-electron chi connectivity index (χ2n) is 2.22. The summed E-state index contributed by atoms with van der Waals surface area (Å²) in [6.45, 7) is 0. The molecule has 0 aromatic rings. The fourth-order valence-electron chi connectivity index (χ4n) is 0.860. The predicted molar refractivity (Wildman–Crippen MR) is 42.0 cm³/mol. The summed E-state index contributed by atoms with van der Waals surface area (Å²) in [5.41, 5.74) is 0. The van der Waals surface area contributed by atoms with Gasteiger partial charge in [-0.05, 0) is 12.2 Å². The summed E-state index contributed by atoms with van der Waals surface area (Å²) in [7, 11) is -3.47. The van der Waals surface area contributed by atoms with Gasteiger partial charge >= 0.3 is 0 Å². The lowest BCUT2D eigenvalue weighted by Gasteiger charge is -2.06. The van der Waals surface area contributed by atoms with Crippen molar-refractivity contribution in [1.29, 1.82) is 0 Å². The molecule has 0 aromatic heterocycles. The molecule has 10 heavy (non-hydrogen) atoms. The maximum absolute atomic E-state index is 10.4. The first-order valence-corrected chi connectivity index (χ1v) is 5.66. The summed E-state index contributed by atoms with van der Waals surface area (Å²) < 4.78 is 23.2. The number of nitrogens with one attached hydrogen (secondary N) is 1. The van der Waals surface area contributed by atoms with Crippen molar-refractivity contribution in [3.05, 3.63) is 0 Å². The van der Waals surface area contributed by atoms with Gasteiger partial charge in [0.1, 0.15) is 0 Å². The summed E-state index contributed by atoms with van der Waals surface area (Å²) in [6, 6.07) is 0.0556. The van der Waals surface area contributed by atoms with Crippen molar-refractivity contribution in [2.45, 2.75) is 12.5 Å². The first kappa shape index (κ1) is 8.32. The highest BCUT2D eigenvalue weighted by Crippen LogP contribution is 2.16. The van der Waals surface area contributed by atoms with Crippen LogP contribution in [0.1, 0.15) is 6.42 Å². The van der Waals surface area contributed by atoms with E-state index in [0.29, 0.717) is 0 Å². The lowest BCUT2D eigenvalue weighted by atomic mass is 10.3. The van der Waals surface area contributed by atoms with Crippen molar-refractivity contribution >= 4 is 22.0 Å². The van der Waals surface area contributed by atoms with Gasteiger partial charge in [0.2, 0.25) is 0 Å². The molecule has 1 heterocycles. The maximum Gasteiger partial charge on any atom is 0.274 e. The lowest BCUT2D eigenvalue weighted by Crippen LogP contribution is -2.39. The zero-order valence-corrected chi connectivity index (χ0v) is 7.04. The lowest BCUT2D eigenvalue weighted by molar-refractivity contribution is 0.565. The van der Waals surface area contributed by atoms with Crippen molar-refractivity contribution in [1.82, 2.24) is 4.72 Å². The molecule has 4 nitrogen and oxygen atoms in total. The molecular formula is C4H10N2O2S2. The van der Waals surface area contributed by atoms with E-state index < -0.39 is 10.2 Å². The Hall–Kier alpha value is 0.220. The molecule has 0 spiro atoms. The van der Waals surface area contributed by atoms with E-state index in [1.54, 1.807) is 11.8 Å². The largest absolute Gasteiger partial charge is 0.274 e. The SMILES string of the molecule is NS(=O)(=O)NC1CCSC1. The van der Waals surface area contributed by atoms with Gasteiger partial charge in [-0.2, -0.15) is 24.9 Å². The van der Waals surface area contributed by atoms with E-state index in [9.17, 15) is 8.42 Å². The van der Waals surface area contributed by atoms with Crippen LogP contribution < -0.4 is 9.86 Å². The monoisotopic (exact) mass is 182 g/mol. The number of thioether (sulfide) groups is 1. The summed E-state index contributed by atoms with van der Waals surface area (Å²) in [5.74, 6) is 1.86. The van der Waals surface area contributed by atoms with Gasteiger partial charge in [-0.1, -0.05) is 0 Å². The van der Waals surface area contributed by atoms with Crippen molar-refractivity contribution in [2.75, 3.05) is 11.5 Å². The minimum absolute atomic E-state index is 0.0556. The average Bonchev–Trinajstić information content (AvgIpc) is 2.12. The standard InChI is InChI=1S/C4H10N2O2S2/c5-10(7,8)6-4-1-2-9-3-4/h4,6H,1-3H2,(H2,5,7,8). The van der Waals surface area contributed by atoms with E-state index in [4.69, 9.17) is 5.14 Å². The van der Waals surface area contributed by atoms with Gasteiger partial charge in [0.25, 0.3) is 10.2 Å². The fraction of sp³-hybridized carbons (Fsp3) is 1.00. The third-order valence-corrected chi connectivity index (χ3v) is 3.08. The Balaban J connectivity index is 2.38. The van der Waals surface area contributed by atoms with Crippen LogP contribution >= 0.6 is 11.8 Å². The van der Waals surface area contributed by atoms with E-state index in [2.05, 4.69) is 4.72 Å². The summed E-state index contributed by atoms with van der Waals surface area (Å²) in [5, 5.41) is 4.77. The third kappa shape index (κ3) is 2.87. The molecule has 1 saturated heterocycles. The maximum atomic E-state index is 10.4. The number of hydrogen-bond acceptors (Lipinski definition) is 3. The van der Waals surface area contributed by atoms with Gasteiger partial charge in [0.05, 0.1) is 0 Å². The quantitative estimate of drug-likeness (QED) is 0.592. The first-order chi connectivity index (χ1) is 4.58. The number of hydrogen-bond donors (Lipinski definition) is 2. The van der Waals surface area contributed by atoms with Crippen LogP contribution in [0.2, 0.25) is 0 Å². The van der Waals surface area contributed by atoms with Crippen LogP contribution in [-0.4, -0.2) is 26.0 Å². The second-order valence-corrected chi connectivity index (χ2v) is 4.70. The second kappa shape index (κ2) is 3.08. The van der Waals surface area contributed by atoms with Gasteiger partial charge in [-0.3, -0.25) is 0 Å². The van der Waals surface area contributed by atoms with Crippen LogP contribution in [0.25, 0.3) is 0 Å². The number of nitrogens with two attached hydrogens (primary N) is 1. The third-order valence-electron chi connectivity index (χ3n) is 1.26. The normalized spacial score (nSPS) is 27.1. The zero-order valence-electron chi connectivity index (χ0n) is 5.41. The van der Waals surface area contributed by atoms with E-state index in [1.807, 2.05) is 0 Å². The average molecular weight is 182 g/mol. The molecule has 0 aromatic carbocycles. The van der Waals surface area contributed by atoms with E-state index in [-0.39, 0.29) is 6.04 Å². The van der Waals surface area contributed by atoms with E-state index in [1.165, 1.54) is 0 Å². The van der Waals surface area contributed by atoms with Crippen LogP contribution in [0.4, 0.5) is 0 Å². The van der Waals surface area contributed by atoms with Crippen LogP contribution in [-0.2, 0) is 10.2 Å². The van der Waals surface area contributed by atoms with Crippen molar-refractivity contribution in [3.63, 3.8) is 0 Å². The van der Waals surface area contributed by atoms with E-state index in [0.717, 1.165) is 17.9 Å². The van der Waals surface area contributed by atoms with Gasteiger partial charge in [0, 0.05) is 11.8 Å². The van der Waals surface area contributed by atoms with Crippen LogP contribution in [0.3, 0.4) is 0 Å². The molecule has 1 rings (SSSR count). The van der Waals surface area contributed by atoms with Gasteiger partial charge in [-0.25, -0.2) is 5.14 Å². The van der Waals surface area contributed by atoms with Crippen molar-refractivity contribution in [3.8, 4) is 0 Å². The Labute approximate surface area is 64.7 Å². The topological polar surface area (TPSA) is 72.2 Å². The first-order valence-electron chi connectivity index (χ1n) is 2.96. The highest BCUT2D eigenvalue weighted by molar-refractivity contribution is 7.99. The molecule has 0 radical (unpaired) electrons. The Morgan fingerprint density at radius 1 is 1.60 bits per heavy atom. The Kier molecular flexibility index (Phi) is 2.56. The zero-order chi connectivity index (χ0) is 7.61. The van der Waals surface area contributed by atoms with Gasteiger partial charge < -0.3 is 0 Å². The molecule has 1 atom stereocenters. The van der Waals surface area contributed by atoms with Gasteiger partial charge in [0.15, 0.2) is 0 Å². The summed E-state index contributed by atoms with van der Waals surface area (Å²) in [6.07, 6.45) is 0.890. The molecule has 6 heteroatoms. The smallest absolute Gasteiger partial charge is 0.216 e. The van der Waals surface area contributed by atoms with Crippen molar-refractivity contribution < 1.29 is 8.42 Å². The van der Waals surface area contributed by atoms with Gasteiger partial charge in [-0.15, -0.1) is 0 Å². The van der Waals surface area contributed by atoms with E-state index >= 15 is 0 Å². The Morgan fingerprint density at radius 2 is 2.30 bits per heavy atom.